The Labute approximate surface area is 142 Å². The van der Waals surface area contributed by atoms with Crippen LogP contribution in [0, 0.1) is 17.3 Å². The number of rotatable bonds is 7. The van der Waals surface area contributed by atoms with Crippen molar-refractivity contribution in [1.29, 1.82) is 0 Å². The second-order valence-electron chi connectivity index (χ2n) is 8.16. The van der Waals surface area contributed by atoms with E-state index in [2.05, 4.69) is 13.8 Å². The highest BCUT2D eigenvalue weighted by atomic mass is 16.6. The quantitative estimate of drug-likeness (QED) is 0.703. The van der Waals surface area contributed by atoms with E-state index in [1.54, 1.807) is 6.92 Å². The summed E-state index contributed by atoms with van der Waals surface area (Å²) in [5.74, 6) is 1.59. The van der Waals surface area contributed by atoms with Crippen molar-refractivity contribution in [3.8, 4) is 0 Å². The summed E-state index contributed by atoms with van der Waals surface area (Å²) >= 11 is 0. The molecule has 4 heteroatoms. The summed E-state index contributed by atoms with van der Waals surface area (Å²) in [6.07, 6.45) is 9.64. The molecule has 0 spiro atoms. The van der Waals surface area contributed by atoms with Gasteiger partial charge in [0.25, 0.3) is 0 Å². The van der Waals surface area contributed by atoms with Crippen LogP contribution in [-0.2, 0) is 9.47 Å². The molecule has 0 heterocycles. The second kappa shape index (κ2) is 8.80. The summed E-state index contributed by atoms with van der Waals surface area (Å²) in [6.45, 7) is 7.98. The van der Waals surface area contributed by atoms with E-state index in [9.17, 15) is 5.11 Å². The molecule has 0 saturated heterocycles. The van der Waals surface area contributed by atoms with Crippen molar-refractivity contribution < 1.29 is 14.6 Å². The molecule has 4 nitrogen and oxygen atoms in total. The van der Waals surface area contributed by atoms with Gasteiger partial charge in [-0.25, -0.2) is 0 Å². The molecule has 3 N–H and O–H groups in total. The number of ether oxygens (including phenoxy) is 2. The van der Waals surface area contributed by atoms with Gasteiger partial charge in [-0.3, -0.25) is 0 Å². The molecule has 136 valence electrons. The zero-order valence-corrected chi connectivity index (χ0v) is 15.3. The molecule has 0 aromatic carbocycles. The van der Waals surface area contributed by atoms with E-state index in [4.69, 9.17) is 15.2 Å². The first-order chi connectivity index (χ1) is 10.9. The van der Waals surface area contributed by atoms with Crippen molar-refractivity contribution in [1.82, 2.24) is 0 Å². The Morgan fingerprint density at radius 3 is 1.87 bits per heavy atom. The van der Waals surface area contributed by atoms with Crippen LogP contribution in [0.3, 0.4) is 0 Å². The number of aliphatic hydroxyl groups is 1. The van der Waals surface area contributed by atoms with E-state index < -0.39 is 6.29 Å². The molecule has 2 rings (SSSR count). The van der Waals surface area contributed by atoms with Crippen LogP contribution in [0.2, 0.25) is 0 Å². The van der Waals surface area contributed by atoms with Crippen molar-refractivity contribution in [2.45, 2.75) is 90.6 Å². The molecule has 0 aromatic heterocycles. The minimum atomic E-state index is -0.631. The lowest BCUT2D eigenvalue weighted by Crippen LogP contribution is -2.39. The normalized spacial score (nSPS) is 34.3. The largest absolute Gasteiger partial charge is 0.377 e. The van der Waals surface area contributed by atoms with E-state index in [1.165, 1.54) is 38.5 Å². The Morgan fingerprint density at radius 2 is 1.43 bits per heavy atom. The fraction of sp³-hybridized carbons (Fsp3) is 1.00. The summed E-state index contributed by atoms with van der Waals surface area (Å²) in [6, 6.07) is 0. The van der Waals surface area contributed by atoms with Crippen molar-refractivity contribution in [2.75, 3.05) is 13.2 Å². The van der Waals surface area contributed by atoms with Gasteiger partial charge in [0, 0.05) is 6.54 Å². The van der Waals surface area contributed by atoms with E-state index in [0.717, 1.165) is 24.7 Å². The lowest BCUT2D eigenvalue weighted by atomic mass is 9.60. The lowest BCUT2D eigenvalue weighted by Gasteiger charge is -2.46. The lowest BCUT2D eigenvalue weighted by molar-refractivity contribution is -0.139. The van der Waals surface area contributed by atoms with Crippen LogP contribution >= 0.6 is 0 Å². The smallest absolute Gasteiger partial charge is 0.152 e. The first-order valence-electron chi connectivity index (χ1n) is 9.58. The minimum Gasteiger partial charge on any atom is -0.377 e. The monoisotopic (exact) mass is 327 g/mol. The molecular weight excluding hydrogens is 290 g/mol. The highest BCUT2D eigenvalue weighted by molar-refractivity contribution is 4.91. The molecule has 0 aliphatic heterocycles. The van der Waals surface area contributed by atoms with Gasteiger partial charge in [0.1, 0.15) is 0 Å². The fourth-order valence-corrected chi connectivity index (χ4v) is 4.76. The average molecular weight is 328 g/mol. The van der Waals surface area contributed by atoms with Crippen molar-refractivity contribution in [3.05, 3.63) is 0 Å². The van der Waals surface area contributed by atoms with E-state index in [0.29, 0.717) is 24.7 Å². The molecule has 23 heavy (non-hydrogen) atoms. The highest BCUT2D eigenvalue weighted by Crippen LogP contribution is 2.48. The molecule has 0 bridgehead atoms. The van der Waals surface area contributed by atoms with Crippen molar-refractivity contribution >= 4 is 0 Å². The minimum absolute atomic E-state index is 0.252. The number of aliphatic hydroxyl groups excluding tert-OH is 1. The van der Waals surface area contributed by atoms with Gasteiger partial charge in [-0.2, -0.15) is 0 Å². The van der Waals surface area contributed by atoms with Crippen LogP contribution < -0.4 is 5.73 Å². The third-order valence-corrected chi connectivity index (χ3v) is 6.31. The Morgan fingerprint density at radius 1 is 0.957 bits per heavy atom. The van der Waals surface area contributed by atoms with Gasteiger partial charge < -0.3 is 20.3 Å². The van der Waals surface area contributed by atoms with Crippen LogP contribution in [-0.4, -0.2) is 36.8 Å². The molecule has 0 amide bonds. The molecule has 2 aliphatic carbocycles. The summed E-state index contributed by atoms with van der Waals surface area (Å²) in [4.78, 5) is 0. The fourth-order valence-electron chi connectivity index (χ4n) is 4.76. The first-order valence-corrected chi connectivity index (χ1v) is 9.58. The van der Waals surface area contributed by atoms with Gasteiger partial charge in [-0.15, -0.1) is 0 Å². The van der Waals surface area contributed by atoms with Crippen LogP contribution in [0.4, 0.5) is 0 Å². The van der Waals surface area contributed by atoms with Gasteiger partial charge in [-0.1, -0.05) is 13.8 Å². The SMILES string of the molecule is CC(O)OC1CCC(C(C)(C)C2CCC(OCCN)CC2)CC1. The highest BCUT2D eigenvalue weighted by Gasteiger charge is 2.40. The number of nitrogens with two attached hydrogens (primary N) is 1. The average Bonchev–Trinajstić information content (AvgIpc) is 2.53. The topological polar surface area (TPSA) is 64.7 Å². The van der Waals surface area contributed by atoms with Gasteiger partial charge in [-0.05, 0) is 75.5 Å². The molecule has 0 aromatic rings. The Hall–Kier alpha value is -0.160. The predicted molar refractivity (Wildman–Crippen MR) is 93.0 cm³/mol. The number of hydrogen-bond acceptors (Lipinski definition) is 4. The van der Waals surface area contributed by atoms with Crippen LogP contribution in [0.15, 0.2) is 0 Å². The summed E-state index contributed by atoms with van der Waals surface area (Å²) in [5, 5.41) is 9.38. The van der Waals surface area contributed by atoms with Gasteiger partial charge in [0.15, 0.2) is 6.29 Å². The van der Waals surface area contributed by atoms with E-state index in [1.807, 2.05) is 0 Å². The third-order valence-electron chi connectivity index (χ3n) is 6.31. The molecule has 1 atom stereocenters. The maximum atomic E-state index is 9.38. The maximum absolute atomic E-state index is 9.38. The van der Waals surface area contributed by atoms with Gasteiger partial charge in [0.2, 0.25) is 0 Å². The standard InChI is InChI=1S/C19H37NO3/c1-14(21)23-18-10-6-16(7-11-18)19(2,3)15-4-8-17(9-5-15)22-13-12-20/h14-18,21H,4-13,20H2,1-3H3. The Balaban J connectivity index is 1.78. The predicted octanol–water partition coefficient (Wildman–Crippen LogP) is 3.46. The van der Waals surface area contributed by atoms with Crippen molar-refractivity contribution in [2.24, 2.45) is 23.0 Å². The van der Waals surface area contributed by atoms with Crippen LogP contribution in [0.25, 0.3) is 0 Å². The summed E-state index contributed by atoms with van der Waals surface area (Å²) < 4.78 is 11.4. The molecule has 1 unspecified atom stereocenters. The van der Waals surface area contributed by atoms with Crippen molar-refractivity contribution in [3.63, 3.8) is 0 Å². The first kappa shape index (κ1) is 19.2. The Bertz CT molecular complexity index is 330. The zero-order chi connectivity index (χ0) is 16.9. The maximum Gasteiger partial charge on any atom is 0.152 e. The molecule has 2 fully saturated rings. The van der Waals surface area contributed by atoms with Crippen LogP contribution in [0.1, 0.15) is 72.1 Å². The third kappa shape index (κ3) is 5.42. The summed E-state index contributed by atoms with van der Waals surface area (Å²) in [5.41, 5.74) is 5.93. The molecule has 2 aliphatic rings. The van der Waals surface area contributed by atoms with Gasteiger partial charge >= 0.3 is 0 Å². The molecule has 0 radical (unpaired) electrons. The Kier molecular flexibility index (Phi) is 7.33. The van der Waals surface area contributed by atoms with E-state index >= 15 is 0 Å². The second-order valence-corrected chi connectivity index (χ2v) is 8.16. The van der Waals surface area contributed by atoms with Gasteiger partial charge in [0.05, 0.1) is 18.8 Å². The molecular formula is C19H37NO3. The molecule has 2 saturated carbocycles. The zero-order valence-electron chi connectivity index (χ0n) is 15.3. The van der Waals surface area contributed by atoms with Crippen LogP contribution in [0.5, 0.6) is 0 Å². The number of hydrogen-bond donors (Lipinski definition) is 2. The summed E-state index contributed by atoms with van der Waals surface area (Å²) in [7, 11) is 0. The van der Waals surface area contributed by atoms with E-state index in [-0.39, 0.29) is 6.10 Å².